The second-order valence-corrected chi connectivity index (χ2v) is 11.8. The summed E-state index contributed by atoms with van der Waals surface area (Å²) in [7, 11) is -3.01. The third-order valence-corrected chi connectivity index (χ3v) is 8.33. The number of nitro benzene ring substituents is 1. The van der Waals surface area contributed by atoms with Gasteiger partial charge in [0, 0.05) is 24.2 Å². The van der Waals surface area contributed by atoms with Crippen molar-refractivity contribution in [1.29, 1.82) is 0 Å². The zero-order valence-corrected chi connectivity index (χ0v) is 24.5. The number of imide groups is 1. The molecule has 1 fully saturated rings. The van der Waals surface area contributed by atoms with Gasteiger partial charge in [0.05, 0.1) is 28.0 Å². The quantitative estimate of drug-likeness (QED) is 0.137. The van der Waals surface area contributed by atoms with E-state index in [9.17, 15) is 32.9 Å². The van der Waals surface area contributed by atoms with Gasteiger partial charge < -0.3 is 14.2 Å². The highest BCUT2D eigenvalue weighted by atomic mass is 79.9. The van der Waals surface area contributed by atoms with Gasteiger partial charge in [-0.15, -0.1) is 0 Å². The molecule has 12 nitrogen and oxygen atoms in total. The number of methoxy groups -OCH3 is 1. The summed E-state index contributed by atoms with van der Waals surface area (Å²) in [6, 6.07) is 14.1. The predicted octanol–water partition coefficient (Wildman–Crippen LogP) is 5.33. The Hall–Kier alpha value is -4.21. The van der Waals surface area contributed by atoms with Gasteiger partial charge in [0.2, 0.25) is 5.91 Å². The number of hydrogen-bond acceptors (Lipinski definition) is 10. The highest BCUT2D eigenvalue weighted by Crippen LogP contribution is 2.41. The maximum Gasteiger partial charge on any atom is 0.339 e. The molecular formula is C26H20BrN3O9S2. The molecule has 1 N–H and O–H groups in total. The number of nitrogens with one attached hydrogen (secondary N) is 1. The van der Waals surface area contributed by atoms with Gasteiger partial charge >= 0.3 is 10.1 Å². The number of amides is 3. The number of ether oxygens (including phenoxy) is 1. The number of nitrogens with zero attached hydrogens (tertiary/aromatic N) is 2. The number of carbonyl (C=O) groups is 3. The van der Waals surface area contributed by atoms with Gasteiger partial charge in [-0.25, -0.2) is 0 Å². The van der Waals surface area contributed by atoms with Crippen LogP contribution in [-0.4, -0.2) is 42.4 Å². The first-order valence-corrected chi connectivity index (χ1v) is 14.6. The second-order valence-electron chi connectivity index (χ2n) is 8.43. The van der Waals surface area contributed by atoms with Crippen LogP contribution in [0.25, 0.3) is 6.08 Å². The summed E-state index contributed by atoms with van der Waals surface area (Å²) in [6.07, 6.45) is 1.41. The number of hydrogen-bond donors (Lipinski definition) is 1. The number of para-hydroxylation sites is 1. The van der Waals surface area contributed by atoms with Crippen LogP contribution in [0.1, 0.15) is 18.1 Å². The third-order valence-electron chi connectivity index (χ3n) is 5.60. The molecular weight excluding hydrogens is 642 g/mol. The zero-order chi connectivity index (χ0) is 29.9. The maximum atomic E-state index is 13.0. The van der Waals surface area contributed by atoms with Crippen molar-refractivity contribution in [1.82, 2.24) is 4.90 Å². The molecule has 0 saturated carbocycles. The molecule has 1 aliphatic rings. The fourth-order valence-corrected chi connectivity index (χ4v) is 6.19. The smallest absolute Gasteiger partial charge is 0.339 e. The molecule has 212 valence electrons. The van der Waals surface area contributed by atoms with Crippen molar-refractivity contribution in [3.8, 4) is 11.5 Å². The van der Waals surface area contributed by atoms with E-state index >= 15 is 0 Å². The first kappa shape index (κ1) is 29.8. The predicted molar refractivity (Wildman–Crippen MR) is 154 cm³/mol. The largest absolute Gasteiger partial charge is 0.493 e. The molecule has 0 aromatic heterocycles. The molecule has 15 heteroatoms. The summed E-state index contributed by atoms with van der Waals surface area (Å²) in [5.74, 6) is -1.09. The molecule has 41 heavy (non-hydrogen) atoms. The maximum absolute atomic E-state index is 13.0. The zero-order valence-electron chi connectivity index (χ0n) is 21.3. The lowest BCUT2D eigenvalue weighted by atomic mass is 10.1. The molecule has 0 bridgehead atoms. The van der Waals surface area contributed by atoms with Crippen LogP contribution >= 0.6 is 27.7 Å². The Bertz CT molecular complexity index is 1710. The minimum Gasteiger partial charge on any atom is -0.493 e. The Kier molecular flexibility index (Phi) is 8.80. The summed E-state index contributed by atoms with van der Waals surface area (Å²) in [6.45, 7) is 1.05. The molecule has 1 aliphatic heterocycles. The van der Waals surface area contributed by atoms with Crippen LogP contribution in [0.15, 0.2) is 74.9 Å². The van der Waals surface area contributed by atoms with Gasteiger partial charge in [-0.2, -0.15) is 8.42 Å². The van der Waals surface area contributed by atoms with Crippen molar-refractivity contribution in [2.24, 2.45) is 0 Å². The Balaban J connectivity index is 1.58. The van der Waals surface area contributed by atoms with Crippen molar-refractivity contribution in [3.05, 3.63) is 91.3 Å². The average Bonchev–Trinajstić information content (AvgIpc) is 3.17. The number of rotatable bonds is 9. The van der Waals surface area contributed by atoms with E-state index in [4.69, 9.17) is 8.92 Å². The van der Waals surface area contributed by atoms with Crippen LogP contribution in [-0.2, 0) is 26.3 Å². The van der Waals surface area contributed by atoms with Crippen LogP contribution < -0.4 is 14.2 Å². The lowest BCUT2D eigenvalue weighted by molar-refractivity contribution is -0.385. The molecule has 0 spiro atoms. The molecule has 3 amide bonds. The van der Waals surface area contributed by atoms with Gasteiger partial charge in [-0.05, 0) is 75.7 Å². The first-order chi connectivity index (χ1) is 19.4. The van der Waals surface area contributed by atoms with Crippen LogP contribution in [0, 0.1) is 10.1 Å². The van der Waals surface area contributed by atoms with Gasteiger partial charge in [-0.3, -0.25) is 29.4 Å². The van der Waals surface area contributed by atoms with Crippen molar-refractivity contribution in [2.75, 3.05) is 12.4 Å². The van der Waals surface area contributed by atoms with Gasteiger partial charge in [0.15, 0.2) is 11.5 Å². The minimum absolute atomic E-state index is 0.0169. The molecule has 1 heterocycles. The normalized spacial score (nSPS) is 14.3. The Labute approximate surface area is 246 Å². The highest BCUT2D eigenvalue weighted by Gasteiger charge is 2.36. The van der Waals surface area contributed by atoms with Gasteiger partial charge in [0.1, 0.15) is 4.90 Å². The number of anilines is 1. The summed E-state index contributed by atoms with van der Waals surface area (Å²) < 4.78 is 36.7. The lowest BCUT2D eigenvalue weighted by Gasteiger charge is -2.14. The second kappa shape index (κ2) is 12.1. The monoisotopic (exact) mass is 661 g/mol. The van der Waals surface area contributed by atoms with E-state index in [1.807, 2.05) is 0 Å². The Morgan fingerprint density at radius 2 is 1.83 bits per heavy atom. The topological polar surface area (TPSA) is 162 Å². The van der Waals surface area contributed by atoms with Gasteiger partial charge in [0.25, 0.3) is 16.8 Å². The van der Waals surface area contributed by atoms with E-state index in [1.165, 1.54) is 74.7 Å². The van der Waals surface area contributed by atoms with E-state index in [0.29, 0.717) is 23.0 Å². The summed E-state index contributed by atoms with van der Waals surface area (Å²) in [4.78, 5) is 48.3. The molecule has 3 aromatic rings. The summed E-state index contributed by atoms with van der Waals surface area (Å²) >= 11 is 3.94. The Morgan fingerprint density at radius 3 is 2.46 bits per heavy atom. The minimum atomic E-state index is -4.31. The van der Waals surface area contributed by atoms with E-state index in [-0.39, 0.29) is 49.5 Å². The van der Waals surface area contributed by atoms with Crippen molar-refractivity contribution in [3.63, 3.8) is 0 Å². The van der Waals surface area contributed by atoms with E-state index in [0.717, 1.165) is 4.90 Å². The van der Waals surface area contributed by atoms with Crippen molar-refractivity contribution in [2.45, 2.75) is 18.4 Å². The molecule has 0 unspecified atom stereocenters. The standard InChI is InChI=1S/C26H20BrN3O9S2/c1-15(31)28-18-7-9-19(10-8-18)41(36,37)39-24-20(27)11-16(12-22(24)38-2)13-23-25(32)29(26(33)40-23)14-17-5-3-4-6-21(17)30(34)35/h3-13H,14H2,1-2H3,(H,28,31)/b23-13-. The summed E-state index contributed by atoms with van der Waals surface area (Å²) in [5.41, 5.74) is 0.789. The number of nitro groups is 1. The number of benzene rings is 3. The fourth-order valence-electron chi connectivity index (χ4n) is 3.75. The first-order valence-electron chi connectivity index (χ1n) is 11.6. The SMILES string of the molecule is COc1cc(/C=C2\SC(=O)N(Cc3ccccc3[N+](=O)[O-])C2=O)cc(Br)c1OS(=O)(=O)c1ccc(NC(C)=O)cc1. The van der Waals surface area contributed by atoms with Crippen LogP contribution in [0.3, 0.4) is 0 Å². The van der Waals surface area contributed by atoms with E-state index in [1.54, 1.807) is 6.07 Å². The van der Waals surface area contributed by atoms with E-state index in [2.05, 4.69) is 21.2 Å². The molecule has 4 rings (SSSR count). The number of halogens is 1. The van der Waals surface area contributed by atoms with Crippen LogP contribution in [0.2, 0.25) is 0 Å². The Morgan fingerprint density at radius 1 is 1.15 bits per heavy atom. The average molecular weight is 662 g/mol. The lowest BCUT2D eigenvalue weighted by Crippen LogP contribution is -2.27. The van der Waals surface area contributed by atoms with Crippen LogP contribution in [0.5, 0.6) is 11.5 Å². The summed E-state index contributed by atoms with van der Waals surface area (Å²) in [5, 5.41) is 13.3. The van der Waals surface area contributed by atoms with Gasteiger partial charge in [-0.1, -0.05) is 18.2 Å². The van der Waals surface area contributed by atoms with Crippen molar-refractivity contribution < 1.29 is 36.6 Å². The molecule has 0 aliphatic carbocycles. The molecule has 1 saturated heterocycles. The number of thioether (sulfide) groups is 1. The third kappa shape index (κ3) is 6.75. The highest BCUT2D eigenvalue weighted by molar-refractivity contribution is 9.10. The number of carbonyl (C=O) groups excluding carboxylic acids is 3. The van der Waals surface area contributed by atoms with Crippen molar-refractivity contribution >= 4 is 72.3 Å². The fraction of sp³-hybridized carbons (Fsp3) is 0.115. The van der Waals surface area contributed by atoms with Crippen LogP contribution in [0.4, 0.5) is 16.2 Å². The molecule has 3 aromatic carbocycles. The molecule has 0 radical (unpaired) electrons. The molecule has 0 atom stereocenters. The van der Waals surface area contributed by atoms with E-state index < -0.39 is 26.2 Å².